The van der Waals surface area contributed by atoms with Gasteiger partial charge in [-0.3, -0.25) is 4.90 Å². The van der Waals surface area contributed by atoms with Crippen LogP contribution in [0.2, 0.25) is 0 Å². The standard InChI is InChI=1S/C14H18N4OS/c1-2-13(20-9-1)12-10-14(17-11-16-12)15-3-4-18-5-7-19-8-6-18/h1-2,9-11H,3-8H2,(H,15,16,17). The molecule has 0 saturated carbocycles. The summed E-state index contributed by atoms with van der Waals surface area (Å²) >= 11 is 1.69. The Bertz CT molecular complexity index is 526. The maximum absolute atomic E-state index is 5.34. The van der Waals surface area contributed by atoms with Gasteiger partial charge in [0.2, 0.25) is 0 Å². The lowest BCUT2D eigenvalue weighted by molar-refractivity contribution is 0.0398. The third-order valence-corrected chi connectivity index (χ3v) is 4.17. The van der Waals surface area contributed by atoms with Gasteiger partial charge in [0.25, 0.3) is 0 Å². The summed E-state index contributed by atoms with van der Waals surface area (Å²) in [5, 5.41) is 5.42. The van der Waals surface area contributed by atoms with Crippen molar-refractivity contribution in [1.82, 2.24) is 14.9 Å². The molecule has 5 nitrogen and oxygen atoms in total. The van der Waals surface area contributed by atoms with E-state index in [1.54, 1.807) is 17.7 Å². The van der Waals surface area contributed by atoms with Gasteiger partial charge in [0.05, 0.1) is 23.8 Å². The van der Waals surface area contributed by atoms with E-state index in [-0.39, 0.29) is 0 Å². The molecule has 1 aliphatic heterocycles. The number of nitrogens with zero attached hydrogens (tertiary/aromatic N) is 3. The number of hydrogen-bond acceptors (Lipinski definition) is 6. The molecule has 3 rings (SSSR count). The van der Waals surface area contributed by atoms with Gasteiger partial charge in [-0.2, -0.15) is 0 Å². The average molecular weight is 290 g/mol. The Hall–Kier alpha value is -1.50. The first-order valence-corrected chi connectivity index (χ1v) is 7.70. The van der Waals surface area contributed by atoms with Gasteiger partial charge >= 0.3 is 0 Å². The van der Waals surface area contributed by atoms with Crippen LogP contribution in [-0.2, 0) is 4.74 Å². The summed E-state index contributed by atoms with van der Waals surface area (Å²) in [6.45, 7) is 5.63. The molecule has 1 saturated heterocycles. The van der Waals surface area contributed by atoms with E-state index in [2.05, 4.69) is 31.6 Å². The lowest BCUT2D eigenvalue weighted by Gasteiger charge is -2.26. The van der Waals surface area contributed by atoms with Crippen molar-refractivity contribution in [3.8, 4) is 10.6 Å². The zero-order valence-corrected chi connectivity index (χ0v) is 12.1. The second-order valence-electron chi connectivity index (χ2n) is 4.65. The number of rotatable bonds is 5. The Balaban J connectivity index is 1.53. The Labute approximate surface area is 122 Å². The third-order valence-electron chi connectivity index (χ3n) is 3.28. The fraction of sp³-hybridized carbons (Fsp3) is 0.429. The minimum atomic E-state index is 0.843. The van der Waals surface area contributed by atoms with Crippen molar-refractivity contribution in [3.05, 3.63) is 29.9 Å². The van der Waals surface area contributed by atoms with Crippen LogP contribution in [0.1, 0.15) is 0 Å². The lowest BCUT2D eigenvalue weighted by atomic mass is 10.3. The Morgan fingerprint density at radius 1 is 1.30 bits per heavy atom. The van der Waals surface area contributed by atoms with Crippen LogP contribution in [0.25, 0.3) is 10.6 Å². The fourth-order valence-corrected chi connectivity index (χ4v) is 2.87. The smallest absolute Gasteiger partial charge is 0.130 e. The normalized spacial score (nSPS) is 16.2. The maximum atomic E-state index is 5.34. The summed E-state index contributed by atoms with van der Waals surface area (Å²) in [4.78, 5) is 12.2. The lowest BCUT2D eigenvalue weighted by Crippen LogP contribution is -2.39. The second kappa shape index (κ2) is 6.78. The first kappa shape index (κ1) is 13.5. The van der Waals surface area contributed by atoms with Crippen LogP contribution in [0.3, 0.4) is 0 Å². The van der Waals surface area contributed by atoms with Crippen molar-refractivity contribution in [2.45, 2.75) is 0 Å². The monoisotopic (exact) mass is 290 g/mol. The second-order valence-corrected chi connectivity index (χ2v) is 5.59. The van der Waals surface area contributed by atoms with E-state index in [1.807, 2.05) is 12.1 Å². The SMILES string of the molecule is c1csc(-c2cc(NCCN3CCOCC3)ncn2)c1. The molecule has 0 radical (unpaired) electrons. The van der Waals surface area contributed by atoms with Crippen molar-refractivity contribution in [3.63, 3.8) is 0 Å². The molecule has 0 bridgehead atoms. The fourth-order valence-electron chi connectivity index (χ4n) is 2.18. The van der Waals surface area contributed by atoms with E-state index in [9.17, 15) is 0 Å². The molecule has 0 spiro atoms. The van der Waals surface area contributed by atoms with Crippen LogP contribution in [0.4, 0.5) is 5.82 Å². The van der Waals surface area contributed by atoms with E-state index in [4.69, 9.17) is 4.74 Å². The van der Waals surface area contributed by atoms with Crippen molar-refractivity contribution < 1.29 is 4.74 Å². The van der Waals surface area contributed by atoms with Gasteiger partial charge in [-0.1, -0.05) is 6.07 Å². The number of hydrogen-bond donors (Lipinski definition) is 1. The van der Waals surface area contributed by atoms with E-state index in [1.165, 1.54) is 4.88 Å². The topological polar surface area (TPSA) is 50.3 Å². The van der Waals surface area contributed by atoms with Crippen molar-refractivity contribution in [2.75, 3.05) is 44.7 Å². The van der Waals surface area contributed by atoms with E-state index >= 15 is 0 Å². The highest BCUT2D eigenvalue weighted by Gasteiger charge is 2.09. The van der Waals surface area contributed by atoms with Crippen LogP contribution in [0.15, 0.2) is 29.9 Å². The Morgan fingerprint density at radius 3 is 3.00 bits per heavy atom. The molecule has 3 heterocycles. The Kier molecular flexibility index (Phi) is 4.57. The van der Waals surface area contributed by atoms with Gasteiger partial charge < -0.3 is 10.1 Å². The van der Waals surface area contributed by atoms with Gasteiger partial charge in [-0.05, 0) is 11.4 Å². The molecule has 0 atom stereocenters. The molecule has 1 N–H and O–H groups in total. The van der Waals surface area contributed by atoms with Crippen LogP contribution in [0, 0.1) is 0 Å². The molecular formula is C14H18N4OS. The van der Waals surface area contributed by atoms with Crippen molar-refractivity contribution >= 4 is 17.2 Å². The van der Waals surface area contributed by atoms with Crippen molar-refractivity contribution in [2.24, 2.45) is 0 Å². The van der Waals surface area contributed by atoms with Gasteiger partial charge in [-0.25, -0.2) is 9.97 Å². The van der Waals surface area contributed by atoms with Gasteiger partial charge in [0.15, 0.2) is 0 Å². The molecule has 106 valence electrons. The highest BCUT2D eigenvalue weighted by molar-refractivity contribution is 7.13. The summed E-state index contributed by atoms with van der Waals surface area (Å²) in [7, 11) is 0. The molecule has 0 aromatic carbocycles. The predicted molar refractivity (Wildman–Crippen MR) is 81.1 cm³/mol. The van der Waals surface area contributed by atoms with Gasteiger partial charge in [-0.15, -0.1) is 11.3 Å². The van der Waals surface area contributed by atoms with Crippen LogP contribution < -0.4 is 5.32 Å². The molecule has 1 aliphatic rings. The van der Waals surface area contributed by atoms with E-state index < -0.39 is 0 Å². The summed E-state index contributed by atoms with van der Waals surface area (Å²) in [6.07, 6.45) is 1.62. The first-order chi connectivity index (χ1) is 9.92. The molecule has 2 aromatic heterocycles. The Morgan fingerprint density at radius 2 is 2.20 bits per heavy atom. The highest BCUT2D eigenvalue weighted by atomic mass is 32.1. The largest absolute Gasteiger partial charge is 0.379 e. The number of ether oxygens (including phenoxy) is 1. The molecule has 0 aliphatic carbocycles. The van der Waals surface area contributed by atoms with Gasteiger partial charge in [0, 0.05) is 32.2 Å². The number of thiophene rings is 1. The number of aromatic nitrogens is 2. The summed E-state index contributed by atoms with van der Waals surface area (Å²) in [5.41, 5.74) is 0.976. The molecule has 0 amide bonds. The number of morpholine rings is 1. The number of anilines is 1. The van der Waals surface area contributed by atoms with E-state index in [0.29, 0.717) is 0 Å². The van der Waals surface area contributed by atoms with Crippen LogP contribution in [0.5, 0.6) is 0 Å². The van der Waals surface area contributed by atoms with Crippen LogP contribution in [-0.4, -0.2) is 54.3 Å². The summed E-state index contributed by atoms with van der Waals surface area (Å²) in [6, 6.07) is 6.11. The highest BCUT2D eigenvalue weighted by Crippen LogP contribution is 2.23. The summed E-state index contributed by atoms with van der Waals surface area (Å²) in [5.74, 6) is 0.886. The molecule has 6 heteroatoms. The zero-order chi connectivity index (χ0) is 13.6. The third kappa shape index (κ3) is 3.53. The number of nitrogens with one attached hydrogen (secondary N) is 1. The summed E-state index contributed by atoms with van der Waals surface area (Å²) < 4.78 is 5.34. The molecule has 2 aromatic rings. The molecule has 20 heavy (non-hydrogen) atoms. The average Bonchev–Trinajstić information content (AvgIpc) is 3.03. The molecule has 0 unspecified atom stereocenters. The predicted octanol–water partition coefficient (Wildman–Crippen LogP) is 1.95. The molecular weight excluding hydrogens is 272 g/mol. The van der Waals surface area contributed by atoms with Crippen LogP contribution >= 0.6 is 11.3 Å². The minimum absolute atomic E-state index is 0.843. The zero-order valence-electron chi connectivity index (χ0n) is 11.3. The molecule has 1 fully saturated rings. The first-order valence-electron chi connectivity index (χ1n) is 6.82. The minimum Gasteiger partial charge on any atom is -0.379 e. The maximum Gasteiger partial charge on any atom is 0.130 e. The van der Waals surface area contributed by atoms with Gasteiger partial charge in [0.1, 0.15) is 12.1 Å². The van der Waals surface area contributed by atoms with E-state index in [0.717, 1.165) is 50.9 Å². The van der Waals surface area contributed by atoms with Crippen molar-refractivity contribution in [1.29, 1.82) is 0 Å². The quantitative estimate of drug-likeness (QED) is 0.912.